The lowest BCUT2D eigenvalue weighted by molar-refractivity contribution is 0.831. The Bertz CT molecular complexity index is 1080. The summed E-state index contributed by atoms with van der Waals surface area (Å²) in [6.45, 7) is 4.37. The van der Waals surface area contributed by atoms with Gasteiger partial charge in [0.1, 0.15) is 0 Å². The van der Waals surface area contributed by atoms with Crippen molar-refractivity contribution in [2.45, 2.75) is 39.5 Å². The van der Waals surface area contributed by atoms with Crippen LogP contribution in [0.4, 0.5) is 0 Å². The number of fused-ring (bicyclic) bond motifs is 4. The van der Waals surface area contributed by atoms with Crippen molar-refractivity contribution in [1.82, 2.24) is 0 Å². The van der Waals surface area contributed by atoms with Crippen LogP contribution in [0.25, 0.3) is 27.5 Å². The summed E-state index contributed by atoms with van der Waals surface area (Å²) in [4.78, 5) is 0. The van der Waals surface area contributed by atoms with Crippen molar-refractivity contribution in [2.24, 2.45) is 0 Å². The molecule has 0 heteroatoms. The van der Waals surface area contributed by atoms with E-state index in [1.807, 2.05) is 0 Å². The van der Waals surface area contributed by atoms with E-state index in [2.05, 4.69) is 74.5 Å². The van der Waals surface area contributed by atoms with Gasteiger partial charge in [0.15, 0.2) is 0 Å². The van der Waals surface area contributed by atoms with Gasteiger partial charge in [0.05, 0.1) is 0 Å². The van der Waals surface area contributed by atoms with Gasteiger partial charge in [-0.25, -0.2) is 0 Å². The largest absolute Gasteiger partial charge is 0.0836 e. The van der Waals surface area contributed by atoms with Crippen LogP contribution in [0.3, 0.4) is 0 Å². The number of aryl methyl sites for hydroxylation is 3. The topological polar surface area (TPSA) is 0 Å². The van der Waals surface area contributed by atoms with Gasteiger partial charge in [-0.2, -0.15) is 0 Å². The van der Waals surface area contributed by atoms with E-state index in [0.717, 1.165) is 0 Å². The van der Waals surface area contributed by atoms with Gasteiger partial charge in [-0.05, 0) is 83.7 Å². The molecule has 0 radical (unpaired) electrons. The van der Waals surface area contributed by atoms with E-state index in [-0.39, 0.29) is 0 Å². The van der Waals surface area contributed by atoms with Crippen molar-refractivity contribution < 1.29 is 0 Å². The Hall–Kier alpha value is -2.60. The summed E-state index contributed by atoms with van der Waals surface area (Å²) in [6, 6.07) is 18.4. The molecule has 0 heterocycles. The third kappa shape index (κ3) is 2.44. The van der Waals surface area contributed by atoms with Crippen LogP contribution in [0.2, 0.25) is 0 Å². The monoisotopic (exact) mass is 336 g/mol. The van der Waals surface area contributed by atoms with E-state index in [1.54, 1.807) is 11.1 Å². The smallest absolute Gasteiger partial charge is 0.00668 e. The van der Waals surface area contributed by atoms with Crippen molar-refractivity contribution in [3.8, 4) is 11.1 Å². The number of hydrogen-bond acceptors (Lipinski definition) is 0. The second-order valence-corrected chi connectivity index (χ2v) is 7.83. The Labute approximate surface area is 155 Å². The maximum atomic E-state index is 2.37. The average molecular weight is 336 g/mol. The summed E-state index contributed by atoms with van der Waals surface area (Å²) in [7, 11) is 0. The van der Waals surface area contributed by atoms with Crippen LogP contribution in [0.5, 0.6) is 0 Å². The summed E-state index contributed by atoms with van der Waals surface area (Å²) in [5.74, 6) is 0. The molecule has 0 atom stereocenters. The van der Waals surface area contributed by atoms with Gasteiger partial charge in [-0.1, -0.05) is 71.8 Å². The van der Waals surface area contributed by atoms with E-state index in [9.17, 15) is 0 Å². The number of allylic oxidation sites excluding steroid dienone is 4. The Morgan fingerprint density at radius 3 is 2.42 bits per heavy atom. The molecule has 0 amide bonds. The Kier molecular flexibility index (Phi) is 3.60. The summed E-state index contributed by atoms with van der Waals surface area (Å²) < 4.78 is 0. The van der Waals surface area contributed by atoms with Crippen LogP contribution in [0.1, 0.15) is 41.5 Å². The van der Waals surface area contributed by atoms with Crippen molar-refractivity contribution >= 4 is 16.3 Å². The van der Waals surface area contributed by atoms with Crippen molar-refractivity contribution in [1.29, 1.82) is 0 Å². The lowest BCUT2D eigenvalue weighted by Crippen LogP contribution is -2.07. The molecule has 0 fully saturated rings. The highest BCUT2D eigenvalue weighted by Gasteiger charge is 2.22. The van der Waals surface area contributed by atoms with Crippen LogP contribution in [-0.4, -0.2) is 0 Å². The fourth-order valence-corrected chi connectivity index (χ4v) is 4.69. The van der Waals surface area contributed by atoms with Gasteiger partial charge >= 0.3 is 0 Å². The van der Waals surface area contributed by atoms with Gasteiger partial charge in [-0.15, -0.1) is 0 Å². The molecule has 0 bridgehead atoms. The molecule has 0 aromatic heterocycles. The average Bonchev–Trinajstić information content (AvgIpc) is 2.67. The quantitative estimate of drug-likeness (QED) is 0.442. The highest BCUT2D eigenvalue weighted by atomic mass is 14.3. The van der Waals surface area contributed by atoms with Crippen molar-refractivity contribution in [3.63, 3.8) is 0 Å². The molecule has 3 aromatic rings. The standard InChI is InChI=1S/C26H24/c1-17-7-9-20(10-8-17)25-16-18(2)15-21-12-13-23-22-6-4-3-5-19(22)11-14-24(23)26(21)25/h4,6-10,12-13,15-16H,3,5,11,14H2,1-2H3. The molecule has 2 aliphatic carbocycles. The molecule has 0 unspecified atom stereocenters. The SMILES string of the molecule is Cc1ccc(-c2cc(C)cc3ccc4c(c23)CCC2=C4C=CCC2)cc1. The highest BCUT2D eigenvalue weighted by Crippen LogP contribution is 2.42. The molecule has 26 heavy (non-hydrogen) atoms. The molecular formula is C26H24. The first-order valence-corrected chi connectivity index (χ1v) is 9.73. The number of benzene rings is 3. The predicted octanol–water partition coefficient (Wildman–Crippen LogP) is 7.17. The maximum Gasteiger partial charge on any atom is -0.00668 e. The van der Waals surface area contributed by atoms with Crippen molar-refractivity contribution in [3.05, 3.63) is 88.5 Å². The minimum Gasteiger partial charge on any atom is -0.0836 e. The lowest BCUT2D eigenvalue weighted by Gasteiger charge is -2.26. The first-order chi connectivity index (χ1) is 12.7. The molecule has 0 spiro atoms. The van der Waals surface area contributed by atoms with E-state index >= 15 is 0 Å². The van der Waals surface area contributed by atoms with Gasteiger partial charge in [0.2, 0.25) is 0 Å². The van der Waals surface area contributed by atoms with Gasteiger partial charge in [0.25, 0.3) is 0 Å². The molecule has 3 aromatic carbocycles. The fourth-order valence-electron chi connectivity index (χ4n) is 4.69. The van der Waals surface area contributed by atoms with Gasteiger partial charge < -0.3 is 0 Å². The summed E-state index contributed by atoms with van der Waals surface area (Å²) in [6.07, 6.45) is 9.53. The molecule has 0 aliphatic heterocycles. The second-order valence-electron chi connectivity index (χ2n) is 7.83. The Morgan fingerprint density at radius 1 is 0.731 bits per heavy atom. The lowest BCUT2D eigenvalue weighted by atomic mass is 9.78. The van der Waals surface area contributed by atoms with E-state index in [0.29, 0.717) is 0 Å². The zero-order chi connectivity index (χ0) is 17.7. The zero-order valence-electron chi connectivity index (χ0n) is 15.6. The molecule has 128 valence electrons. The van der Waals surface area contributed by atoms with Crippen LogP contribution >= 0.6 is 0 Å². The van der Waals surface area contributed by atoms with Crippen molar-refractivity contribution in [2.75, 3.05) is 0 Å². The predicted molar refractivity (Wildman–Crippen MR) is 112 cm³/mol. The molecular weight excluding hydrogens is 312 g/mol. The molecule has 2 aliphatic rings. The van der Waals surface area contributed by atoms with E-state index in [1.165, 1.54) is 69.8 Å². The summed E-state index contributed by atoms with van der Waals surface area (Å²) in [5, 5.41) is 2.84. The molecule has 0 saturated heterocycles. The van der Waals surface area contributed by atoms with Crippen LogP contribution in [0.15, 0.2) is 66.3 Å². The Morgan fingerprint density at radius 2 is 1.58 bits per heavy atom. The van der Waals surface area contributed by atoms with Gasteiger partial charge in [-0.3, -0.25) is 0 Å². The van der Waals surface area contributed by atoms with E-state index < -0.39 is 0 Å². The molecule has 0 nitrogen and oxygen atoms in total. The molecule has 5 rings (SSSR count). The zero-order valence-corrected chi connectivity index (χ0v) is 15.6. The second kappa shape index (κ2) is 5.99. The number of rotatable bonds is 1. The third-order valence-corrected chi connectivity index (χ3v) is 5.98. The minimum atomic E-state index is 1.17. The number of hydrogen-bond donors (Lipinski definition) is 0. The van der Waals surface area contributed by atoms with E-state index in [4.69, 9.17) is 0 Å². The highest BCUT2D eigenvalue weighted by molar-refractivity contribution is 6.03. The molecule has 0 N–H and O–H groups in total. The van der Waals surface area contributed by atoms with Crippen LogP contribution in [-0.2, 0) is 6.42 Å². The van der Waals surface area contributed by atoms with Crippen LogP contribution in [0, 0.1) is 13.8 Å². The third-order valence-electron chi connectivity index (χ3n) is 5.98. The minimum absolute atomic E-state index is 1.17. The fraction of sp³-hybridized carbons (Fsp3) is 0.231. The summed E-state index contributed by atoms with van der Waals surface area (Å²) >= 11 is 0. The first kappa shape index (κ1) is 15.6. The first-order valence-electron chi connectivity index (χ1n) is 9.73. The molecule has 0 saturated carbocycles. The Balaban J connectivity index is 1.82. The summed E-state index contributed by atoms with van der Waals surface area (Å²) in [5.41, 5.74) is 11.5. The maximum absolute atomic E-state index is 2.37. The van der Waals surface area contributed by atoms with Gasteiger partial charge in [0, 0.05) is 0 Å². The normalized spacial score (nSPS) is 15.9. The van der Waals surface area contributed by atoms with Crippen LogP contribution < -0.4 is 0 Å².